The molecule has 0 bridgehead atoms. The van der Waals surface area contributed by atoms with Gasteiger partial charge >= 0.3 is 0 Å². The molecule has 1 saturated heterocycles. The number of thioether (sulfide) groups is 1. The number of hydrogen-bond donors (Lipinski definition) is 1. The van der Waals surface area contributed by atoms with Crippen LogP contribution >= 0.6 is 34.4 Å². The van der Waals surface area contributed by atoms with Gasteiger partial charge in [-0.3, -0.25) is 14.9 Å². The third-order valence-electron chi connectivity index (χ3n) is 4.65. The highest BCUT2D eigenvalue weighted by molar-refractivity contribution is 8.01. The number of carbonyl (C=O) groups excluding carboxylic acids is 2. The summed E-state index contributed by atoms with van der Waals surface area (Å²) in [6, 6.07) is 12.1. The Hall–Kier alpha value is -2.43. The second-order valence-corrected chi connectivity index (χ2v) is 9.92. The fourth-order valence-corrected chi connectivity index (χ4v) is 5.54. The molecule has 7 nitrogen and oxygen atoms in total. The minimum atomic E-state index is -0.187. The zero-order valence-corrected chi connectivity index (χ0v) is 18.9. The third-order valence-corrected chi connectivity index (χ3v) is 7.66. The smallest absolute Gasteiger partial charge is 0.267 e. The maximum atomic E-state index is 12.6. The first-order chi connectivity index (χ1) is 14.6. The zero-order chi connectivity index (χ0) is 20.9. The summed E-state index contributed by atoms with van der Waals surface area (Å²) in [6.45, 7) is 5.04. The molecule has 3 aromatic rings. The van der Waals surface area contributed by atoms with E-state index in [-0.39, 0.29) is 11.8 Å². The zero-order valence-electron chi connectivity index (χ0n) is 16.4. The van der Waals surface area contributed by atoms with Crippen molar-refractivity contribution < 1.29 is 9.59 Å². The van der Waals surface area contributed by atoms with Gasteiger partial charge in [0, 0.05) is 31.9 Å². The molecule has 1 N–H and O–H groups in total. The van der Waals surface area contributed by atoms with Gasteiger partial charge in [0.05, 0.1) is 10.6 Å². The largest absolute Gasteiger partial charge is 0.368 e. The van der Waals surface area contributed by atoms with E-state index in [4.69, 9.17) is 0 Å². The highest BCUT2D eigenvalue weighted by Crippen LogP contribution is 2.27. The molecule has 2 amide bonds. The maximum absolute atomic E-state index is 12.6. The topological polar surface area (TPSA) is 78.4 Å². The van der Waals surface area contributed by atoms with Crippen LogP contribution in [0, 0.1) is 6.92 Å². The van der Waals surface area contributed by atoms with Crippen molar-refractivity contribution in [1.29, 1.82) is 0 Å². The molecule has 0 unspecified atom stereocenters. The second-order valence-electron chi connectivity index (χ2n) is 6.81. The van der Waals surface area contributed by atoms with Crippen LogP contribution < -0.4 is 10.2 Å². The predicted molar refractivity (Wildman–Crippen MR) is 123 cm³/mol. The Morgan fingerprint density at radius 2 is 1.90 bits per heavy atom. The van der Waals surface area contributed by atoms with Gasteiger partial charge in [0.15, 0.2) is 4.34 Å². The van der Waals surface area contributed by atoms with Crippen LogP contribution in [0.5, 0.6) is 0 Å². The van der Waals surface area contributed by atoms with E-state index in [2.05, 4.69) is 32.5 Å². The molecule has 4 rings (SSSR count). The number of aryl methyl sites for hydroxylation is 1. The summed E-state index contributed by atoms with van der Waals surface area (Å²) in [5.41, 5.74) is 2.25. The van der Waals surface area contributed by atoms with Crippen LogP contribution in [0.2, 0.25) is 0 Å². The van der Waals surface area contributed by atoms with Crippen LogP contribution in [0.15, 0.2) is 46.1 Å². The number of para-hydroxylation sites is 1. The van der Waals surface area contributed by atoms with Crippen molar-refractivity contribution in [3.8, 4) is 0 Å². The van der Waals surface area contributed by atoms with Crippen molar-refractivity contribution in [3.05, 3.63) is 52.2 Å². The van der Waals surface area contributed by atoms with Crippen LogP contribution in [0.25, 0.3) is 0 Å². The number of rotatable bonds is 6. The lowest BCUT2D eigenvalue weighted by Gasteiger charge is -2.36. The first kappa shape index (κ1) is 20.8. The molecule has 0 saturated carbocycles. The lowest BCUT2D eigenvalue weighted by molar-refractivity contribution is -0.128. The molecule has 2 aromatic heterocycles. The Kier molecular flexibility index (Phi) is 6.66. The Labute approximate surface area is 187 Å². The minimum Gasteiger partial charge on any atom is -0.368 e. The Morgan fingerprint density at radius 1 is 1.13 bits per heavy atom. The molecule has 1 aromatic carbocycles. The quantitative estimate of drug-likeness (QED) is 0.448. The van der Waals surface area contributed by atoms with Crippen molar-refractivity contribution in [2.45, 2.75) is 11.3 Å². The van der Waals surface area contributed by atoms with E-state index in [0.29, 0.717) is 33.2 Å². The molecular weight excluding hydrogens is 438 g/mol. The number of anilines is 2. The van der Waals surface area contributed by atoms with Crippen LogP contribution in [-0.2, 0) is 4.79 Å². The lowest BCUT2D eigenvalue weighted by atomic mass is 10.2. The molecule has 30 heavy (non-hydrogen) atoms. The van der Waals surface area contributed by atoms with E-state index in [1.54, 1.807) is 0 Å². The molecule has 1 fully saturated rings. The van der Waals surface area contributed by atoms with Gasteiger partial charge in [-0.25, -0.2) is 0 Å². The number of nitrogens with one attached hydrogen (secondary N) is 1. The lowest BCUT2D eigenvalue weighted by Crippen LogP contribution is -2.49. The SMILES string of the molecule is Cc1csc(C(=O)Nc2nnc(SCC(=O)N3CCN(c4ccccc4)CC3)s2)c1. The second kappa shape index (κ2) is 9.59. The summed E-state index contributed by atoms with van der Waals surface area (Å²) in [4.78, 5) is 29.6. The number of nitrogens with zero attached hydrogens (tertiary/aromatic N) is 4. The Bertz CT molecular complexity index is 1010. The fourth-order valence-electron chi connectivity index (χ4n) is 3.10. The first-order valence-corrected chi connectivity index (χ1v) is 12.2. The third kappa shape index (κ3) is 5.18. The molecule has 0 atom stereocenters. The molecule has 1 aliphatic rings. The summed E-state index contributed by atoms with van der Waals surface area (Å²) >= 11 is 4.04. The number of thiophene rings is 1. The Morgan fingerprint density at radius 3 is 2.60 bits per heavy atom. The summed E-state index contributed by atoms with van der Waals surface area (Å²) in [5, 5.41) is 13.2. The first-order valence-electron chi connectivity index (χ1n) is 9.49. The molecule has 0 spiro atoms. The number of piperazine rings is 1. The standard InChI is InChI=1S/C20H21N5O2S3/c1-14-11-16(28-12-14)18(27)21-19-22-23-20(30-19)29-13-17(26)25-9-7-24(8-10-25)15-5-3-2-4-6-15/h2-6,11-12H,7-10,13H2,1H3,(H,21,22,27). The minimum absolute atomic E-state index is 0.0996. The average molecular weight is 460 g/mol. The van der Waals surface area contributed by atoms with E-state index in [9.17, 15) is 9.59 Å². The summed E-state index contributed by atoms with van der Waals surface area (Å²) in [7, 11) is 0. The van der Waals surface area contributed by atoms with Crippen molar-refractivity contribution in [3.63, 3.8) is 0 Å². The van der Waals surface area contributed by atoms with E-state index in [1.165, 1.54) is 40.1 Å². The van der Waals surface area contributed by atoms with Crippen molar-refractivity contribution in [2.75, 3.05) is 42.1 Å². The van der Waals surface area contributed by atoms with Gasteiger partial charge in [-0.1, -0.05) is 41.3 Å². The molecule has 156 valence electrons. The van der Waals surface area contributed by atoms with Crippen molar-refractivity contribution >= 4 is 57.1 Å². The highest BCUT2D eigenvalue weighted by Gasteiger charge is 2.22. The maximum Gasteiger partial charge on any atom is 0.267 e. The van der Waals surface area contributed by atoms with E-state index >= 15 is 0 Å². The van der Waals surface area contributed by atoms with Crippen molar-refractivity contribution in [1.82, 2.24) is 15.1 Å². The summed E-state index contributed by atoms with van der Waals surface area (Å²) in [5.74, 6) is 0.230. The van der Waals surface area contributed by atoms with Crippen LogP contribution in [0.3, 0.4) is 0 Å². The molecule has 3 heterocycles. The van der Waals surface area contributed by atoms with Gasteiger partial charge in [0.1, 0.15) is 0 Å². The molecule has 10 heteroatoms. The molecular formula is C20H21N5O2S3. The number of amides is 2. The summed E-state index contributed by atoms with van der Waals surface area (Å²) in [6.07, 6.45) is 0. The van der Waals surface area contributed by atoms with E-state index in [0.717, 1.165) is 18.7 Å². The van der Waals surface area contributed by atoms with Crippen LogP contribution in [0.1, 0.15) is 15.2 Å². The average Bonchev–Trinajstić information content (AvgIpc) is 3.41. The Balaban J connectivity index is 1.23. The van der Waals surface area contributed by atoms with Gasteiger partial charge in [0.2, 0.25) is 11.0 Å². The van der Waals surface area contributed by atoms with Crippen LogP contribution in [-0.4, -0.2) is 58.8 Å². The van der Waals surface area contributed by atoms with Gasteiger partial charge in [0.25, 0.3) is 5.91 Å². The van der Waals surface area contributed by atoms with Gasteiger partial charge in [-0.05, 0) is 36.1 Å². The van der Waals surface area contributed by atoms with Gasteiger partial charge < -0.3 is 9.80 Å². The molecule has 1 aliphatic heterocycles. The van der Waals surface area contributed by atoms with Gasteiger partial charge in [-0.2, -0.15) is 0 Å². The number of benzene rings is 1. The molecule has 0 radical (unpaired) electrons. The monoisotopic (exact) mass is 459 g/mol. The van der Waals surface area contributed by atoms with Crippen LogP contribution in [0.4, 0.5) is 10.8 Å². The van der Waals surface area contributed by atoms with E-state index < -0.39 is 0 Å². The van der Waals surface area contributed by atoms with Crippen molar-refractivity contribution in [2.24, 2.45) is 0 Å². The predicted octanol–water partition coefficient (Wildman–Crippen LogP) is 3.60. The van der Waals surface area contributed by atoms with E-state index in [1.807, 2.05) is 41.5 Å². The molecule has 0 aliphatic carbocycles. The number of hydrogen-bond acceptors (Lipinski definition) is 8. The fraction of sp³-hybridized carbons (Fsp3) is 0.300. The van der Waals surface area contributed by atoms with Gasteiger partial charge in [-0.15, -0.1) is 21.5 Å². The normalized spacial score (nSPS) is 14.0. The summed E-state index contributed by atoms with van der Waals surface area (Å²) < 4.78 is 0.670. The number of carbonyl (C=O) groups is 2. The highest BCUT2D eigenvalue weighted by atomic mass is 32.2. The number of aromatic nitrogens is 2.